The predicted molar refractivity (Wildman–Crippen MR) is 55.3 cm³/mol. The molecule has 0 unspecified atom stereocenters. The molecule has 1 N–H and O–H groups in total. The molecular weight excluding hydrogens is 233 g/mol. The SMILES string of the molecule is O=C(O)C(F)(F)C1=CCCc2cc(F)ccc21. The molecule has 0 heterocycles. The first-order valence-corrected chi connectivity index (χ1v) is 5.03. The van der Waals surface area contributed by atoms with Crippen LogP contribution in [-0.4, -0.2) is 17.0 Å². The van der Waals surface area contributed by atoms with E-state index in [1.54, 1.807) is 0 Å². The zero-order valence-electron chi connectivity index (χ0n) is 8.71. The number of carboxylic acid groups (broad SMARTS) is 1. The highest BCUT2D eigenvalue weighted by Gasteiger charge is 2.44. The number of aryl methyl sites for hydroxylation is 1. The van der Waals surface area contributed by atoms with Crippen LogP contribution in [0.1, 0.15) is 17.5 Å². The third-order valence-corrected chi connectivity index (χ3v) is 2.73. The Morgan fingerprint density at radius 2 is 2.06 bits per heavy atom. The van der Waals surface area contributed by atoms with E-state index in [1.807, 2.05) is 0 Å². The molecule has 1 aromatic rings. The molecular formula is C12H9F3O2. The lowest BCUT2D eigenvalue weighted by atomic mass is 9.87. The molecule has 2 nitrogen and oxygen atoms in total. The van der Waals surface area contributed by atoms with Gasteiger partial charge in [0.25, 0.3) is 0 Å². The summed E-state index contributed by atoms with van der Waals surface area (Å²) in [4.78, 5) is 10.5. The van der Waals surface area contributed by atoms with E-state index < -0.39 is 23.3 Å². The Morgan fingerprint density at radius 1 is 1.35 bits per heavy atom. The number of hydrogen-bond donors (Lipinski definition) is 1. The molecule has 5 heteroatoms. The lowest BCUT2D eigenvalue weighted by Gasteiger charge is -2.22. The number of rotatable bonds is 2. The molecule has 0 bridgehead atoms. The van der Waals surface area contributed by atoms with Gasteiger partial charge in [-0.25, -0.2) is 9.18 Å². The number of aliphatic carboxylic acids is 1. The van der Waals surface area contributed by atoms with Gasteiger partial charge >= 0.3 is 11.9 Å². The van der Waals surface area contributed by atoms with E-state index in [4.69, 9.17) is 5.11 Å². The number of alkyl halides is 2. The van der Waals surface area contributed by atoms with Gasteiger partial charge in [0.05, 0.1) is 0 Å². The van der Waals surface area contributed by atoms with Crippen molar-refractivity contribution in [2.24, 2.45) is 0 Å². The Kier molecular flexibility index (Phi) is 2.69. The average Bonchev–Trinajstić information content (AvgIpc) is 2.27. The van der Waals surface area contributed by atoms with Crippen LogP contribution in [0.15, 0.2) is 24.3 Å². The highest BCUT2D eigenvalue weighted by atomic mass is 19.3. The minimum atomic E-state index is -3.94. The highest BCUT2D eigenvalue weighted by Crippen LogP contribution is 2.38. The van der Waals surface area contributed by atoms with Crippen molar-refractivity contribution in [2.45, 2.75) is 18.8 Å². The molecule has 0 aromatic heterocycles. The summed E-state index contributed by atoms with van der Waals surface area (Å²) in [7, 11) is 0. The van der Waals surface area contributed by atoms with Gasteiger partial charge in [-0.3, -0.25) is 0 Å². The second kappa shape index (κ2) is 3.91. The van der Waals surface area contributed by atoms with E-state index in [9.17, 15) is 18.0 Å². The van der Waals surface area contributed by atoms with Crippen LogP contribution in [-0.2, 0) is 11.2 Å². The van der Waals surface area contributed by atoms with Crippen LogP contribution < -0.4 is 0 Å². The van der Waals surface area contributed by atoms with Crippen molar-refractivity contribution in [2.75, 3.05) is 0 Å². The highest BCUT2D eigenvalue weighted by molar-refractivity contribution is 5.94. The number of halogens is 3. The van der Waals surface area contributed by atoms with Crippen molar-refractivity contribution in [1.82, 2.24) is 0 Å². The minimum absolute atomic E-state index is 0.116. The average molecular weight is 242 g/mol. The third-order valence-electron chi connectivity index (χ3n) is 2.73. The predicted octanol–water partition coefficient (Wildman–Crippen LogP) is 2.88. The lowest BCUT2D eigenvalue weighted by molar-refractivity contribution is -0.156. The van der Waals surface area contributed by atoms with E-state index >= 15 is 0 Å². The first-order valence-electron chi connectivity index (χ1n) is 5.03. The van der Waals surface area contributed by atoms with Crippen molar-refractivity contribution in [3.63, 3.8) is 0 Å². The van der Waals surface area contributed by atoms with Gasteiger partial charge < -0.3 is 5.11 Å². The van der Waals surface area contributed by atoms with Gasteiger partial charge in [0.15, 0.2) is 0 Å². The number of hydrogen-bond acceptors (Lipinski definition) is 1. The van der Waals surface area contributed by atoms with Gasteiger partial charge in [-0.15, -0.1) is 0 Å². The molecule has 17 heavy (non-hydrogen) atoms. The van der Waals surface area contributed by atoms with E-state index in [0.717, 1.165) is 6.07 Å². The van der Waals surface area contributed by atoms with E-state index in [2.05, 4.69) is 0 Å². The second-order valence-corrected chi connectivity index (χ2v) is 3.84. The molecule has 0 aliphatic heterocycles. The van der Waals surface area contributed by atoms with Crippen molar-refractivity contribution in [3.05, 3.63) is 41.2 Å². The van der Waals surface area contributed by atoms with Crippen molar-refractivity contribution >= 4 is 11.5 Å². The molecule has 2 rings (SSSR count). The molecule has 0 saturated heterocycles. The first-order chi connectivity index (χ1) is 7.93. The standard InChI is InChI=1S/C12H9F3O2/c13-8-4-5-9-7(6-8)2-1-3-10(9)12(14,15)11(16)17/h3-6H,1-2H2,(H,16,17). The van der Waals surface area contributed by atoms with E-state index in [-0.39, 0.29) is 12.0 Å². The molecule has 1 aliphatic carbocycles. The Labute approximate surface area is 95.4 Å². The first kappa shape index (κ1) is 11.7. The van der Waals surface area contributed by atoms with Gasteiger partial charge in [-0.1, -0.05) is 12.1 Å². The Bertz CT molecular complexity index is 506. The van der Waals surface area contributed by atoms with Crippen molar-refractivity contribution in [1.29, 1.82) is 0 Å². The number of carboxylic acids is 1. The lowest BCUT2D eigenvalue weighted by Crippen LogP contribution is -2.31. The maximum Gasteiger partial charge on any atom is 0.379 e. The molecule has 0 amide bonds. The summed E-state index contributed by atoms with van der Waals surface area (Å²) in [6.07, 6.45) is 1.93. The summed E-state index contributed by atoms with van der Waals surface area (Å²) in [5.41, 5.74) is -0.0141. The van der Waals surface area contributed by atoms with Gasteiger partial charge in [0.2, 0.25) is 0 Å². The van der Waals surface area contributed by atoms with Crippen LogP contribution in [0.4, 0.5) is 13.2 Å². The summed E-state index contributed by atoms with van der Waals surface area (Å²) in [6.45, 7) is 0. The fraction of sp³-hybridized carbons (Fsp3) is 0.250. The maximum atomic E-state index is 13.4. The third kappa shape index (κ3) is 1.92. The number of fused-ring (bicyclic) bond motifs is 1. The smallest absolute Gasteiger partial charge is 0.379 e. The van der Waals surface area contributed by atoms with Crippen molar-refractivity contribution in [3.8, 4) is 0 Å². The quantitative estimate of drug-likeness (QED) is 0.865. The molecule has 0 spiro atoms. The van der Waals surface area contributed by atoms with Crippen LogP contribution >= 0.6 is 0 Å². The molecule has 0 radical (unpaired) electrons. The zero-order chi connectivity index (χ0) is 12.6. The Hall–Kier alpha value is -1.78. The molecule has 1 aliphatic rings. The van der Waals surface area contributed by atoms with Crippen LogP contribution in [0.5, 0.6) is 0 Å². The molecule has 90 valence electrons. The van der Waals surface area contributed by atoms with E-state index in [1.165, 1.54) is 18.2 Å². The topological polar surface area (TPSA) is 37.3 Å². The summed E-state index contributed by atoms with van der Waals surface area (Å²) < 4.78 is 39.9. The minimum Gasteiger partial charge on any atom is -0.477 e. The number of allylic oxidation sites excluding steroid dienone is 1. The fourth-order valence-electron chi connectivity index (χ4n) is 1.93. The number of benzene rings is 1. The summed E-state index contributed by atoms with van der Waals surface area (Å²) in [5, 5.41) is 8.51. The molecule has 1 aromatic carbocycles. The van der Waals surface area contributed by atoms with Crippen LogP contribution in [0.2, 0.25) is 0 Å². The van der Waals surface area contributed by atoms with Gasteiger partial charge in [0.1, 0.15) is 5.82 Å². The van der Waals surface area contributed by atoms with Gasteiger partial charge in [-0.05, 0) is 36.1 Å². The fourth-order valence-corrected chi connectivity index (χ4v) is 1.93. The summed E-state index contributed by atoms with van der Waals surface area (Å²) >= 11 is 0. The maximum absolute atomic E-state index is 13.4. The van der Waals surface area contributed by atoms with Crippen LogP contribution in [0, 0.1) is 5.82 Å². The monoisotopic (exact) mass is 242 g/mol. The van der Waals surface area contributed by atoms with Gasteiger partial charge in [0, 0.05) is 5.57 Å². The normalized spacial score (nSPS) is 15.1. The van der Waals surface area contributed by atoms with Crippen molar-refractivity contribution < 1.29 is 23.1 Å². The van der Waals surface area contributed by atoms with E-state index in [0.29, 0.717) is 12.0 Å². The molecule has 0 fully saturated rings. The zero-order valence-corrected chi connectivity index (χ0v) is 8.71. The van der Waals surface area contributed by atoms with Crippen LogP contribution in [0.3, 0.4) is 0 Å². The second-order valence-electron chi connectivity index (χ2n) is 3.84. The Balaban J connectivity index is 2.53. The van der Waals surface area contributed by atoms with Crippen LogP contribution in [0.25, 0.3) is 5.57 Å². The summed E-state index contributed by atoms with van der Waals surface area (Å²) in [6, 6.07) is 3.42. The van der Waals surface area contributed by atoms with Gasteiger partial charge in [-0.2, -0.15) is 8.78 Å². The Morgan fingerprint density at radius 3 is 2.71 bits per heavy atom. The molecule has 0 atom stereocenters. The number of carbonyl (C=O) groups is 1. The largest absolute Gasteiger partial charge is 0.477 e. The molecule has 0 saturated carbocycles. The summed E-state index contributed by atoms with van der Waals surface area (Å²) in [5.74, 6) is -6.64.